The van der Waals surface area contributed by atoms with Crippen LogP contribution in [-0.2, 0) is 6.42 Å². The van der Waals surface area contributed by atoms with Gasteiger partial charge in [0.2, 0.25) is 0 Å². The van der Waals surface area contributed by atoms with E-state index in [0.717, 1.165) is 29.3 Å². The Labute approximate surface area is 122 Å². The molecule has 0 aliphatic rings. The average Bonchev–Trinajstić information content (AvgIpc) is 2.81. The van der Waals surface area contributed by atoms with E-state index >= 15 is 0 Å². The van der Waals surface area contributed by atoms with Gasteiger partial charge < -0.3 is 5.32 Å². The molecule has 0 spiro atoms. The predicted octanol–water partition coefficient (Wildman–Crippen LogP) is 4.82. The van der Waals surface area contributed by atoms with Crippen molar-refractivity contribution in [2.45, 2.75) is 25.8 Å². The highest BCUT2D eigenvalue weighted by Crippen LogP contribution is 2.27. The van der Waals surface area contributed by atoms with E-state index in [1.54, 1.807) is 17.4 Å². The van der Waals surface area contributed by atoms with E-state index in [4.69, 9.17) is 11.6 Å². The second kappa shape index (κ2) is 7.04. The normalized spacial score (nSPS) is 12.6. The van der Waals surface area contributed by atoms with Gasteiger partial charge in [-0.2, -0.15) is 0 Å². The summed E-state index contributed by atoms with van der Waals surface area (Å²) in [5.74, 6) is -0.154. The lowest BCUT2D eigenvalue weighted by atomic mass is 10.0. The molecule has 0 radical (unpaired) electrons. The van der Waals surface area contributed by atoms with Crippen molar-refractivity contribution >= 4 is 22.9 Å². The Balaban J connectivity index is 2.18. The van der Waals surface area contributed by atoms with Crippen LogP contribution in [0.1, 0.15) is 29.8 Å². The highest BCUT2D eigenvalue weighted by molar-refractivity contribution is 7.16. The molecule has 2 aromatic rings. The molecular formula is C15H17ClFNS. The fraction of sp³-hybridized carbons (Fsp3) is 0.333. The molecule has 0 saturated heterocycles. The van der Waals surface area contributed by atoms with Crippen molar-refractivity contribution < 1.29 is 4.39 Å². The molecule has 19 heavy (non-hydrogen) atoms. The number of hydrogen-bond acceptors (Lipinski definition) is 2. The van der Waals surface area contributed by atoms with E-state index in [1.807, 2.05) is 24.3 Å². The summed E-state index contributed by atoms with van der Waals surface area (Å²) in [4.78, 5) is 1.17. The topological polar surface area (TPSA) is 12.0 Å². The zero-order valence-corrected chi connectivity index (χ0v) is 12.4. The molecule has 0 aliphatic carbocycles. The number of thiophene rings is 1. The molecule has 2 rings (SSSR count). The summed E-state index contributed by atoms with van der Waals surface area (Å²) in [6, 6.07) is 10.8. The summed E-state index contributed by atoms with van der Waals surface area (Å²) < 4.78 is 14.7. The van der Waals surface area contributed by atoms with Gasteiger partial charge in [-0.15, -0.1) is 11.3 Å². The van der Waals surface area contributed by atoms with Crippen molar-refractivity contribution in [1.82, 2.24) is 5.32 Å². The minimum absolute atomic E-state index is 0.00383. The first kappa shape index (κ1) is 14.5. The number of benzene rings is 1. The molecule has 4 heteroatoms. The average molecular weight is 298 g/mol. The molecule has 0 saturated carbocycles. The highest BCUT2D eigenvalue weighted by Gasteiger charge is 2.16. The zero-order valence-electron chi connectivity index (χ0n) is 10.8. The molecule has 0 bridgehead atoms. The minimum Gasteiger partial charge on any atom is -0.310 e. The van der Waals surface area contributed by atoms with Crippen molar-refractivity contribution in [3.05, 3.63) is 57.0 Å². The Morgan fingerprint density at radius 2 is 2.05 bits per heavy atom. The second-order valence-electron chi connectivity index (χ2n) is 4.44. The van der Waals surface area contributed by atoms with Crippen LogP contribution in [0.25, 0.3) is 0 Å². The molecule has 1 heterocycles. The SMILES string of the molecule is CCCNC(Cc1ccc(Cl)s1)c1ccccc1F. The van der Waals surface area contributed by atoms with Gasteiger partial charge in [-0.3, -0.25) is 0 Å². The third-order valence-electron chi connectivity index (χ3n) is 2.96. The third-order valence-corrected chi connectivity index (χ3v) is 4.21. The summed E-state index contributed by atoms with van der Waals surface area (Å²) in [6.07, 6.45) is 1.79. The predicted molar refractivity (Wildman–Crippen MR) is 80.5 cm³/mol. The van der Waals surface area contributed by atoms with Crippen LogP contribution in [0.4, 0.5) is 4.39 Å². The van der Waals surface area contributed by atoms with Crippen LogP contribution in [0, 0.1) is 5.82 Å². The maximum atomic E-state index is 13.9. The van der Waals surface area contributed by atoms with Gasteiger partial charge in [0.05, 0.1) is 4.34 Å². The van der Waals surface area contributed by atoms with Gasteiger partial charge in [-0.05, 0) is 31.2 Å². The van der Waals surface area contributed by atoms with Crippen LogP contribution in [0.2, 0.25) is 4.34 Å². The standard InChI is InChI=1S/C15H17ClFNS/c1-2-9-18-14(10-11-7-8-15(16)19-11)12-5-3-4-6-13(12)17/h3-8,14,18H,2,9-10H2,1H3. The molecule has 0 amide bonds. The van der Waals surface area contributed by atoms with Crippen molar-refractivity contribution in [2.24, 2.45) is 0 Å². The van der Waals surface area contributed by atoms with Gasteiger partial charge >= 0.3 is 0 Å². The number of rotatable bonds is 6. The summed E-state index contributed by atoms with van der Waals surface area (Å²) >= 11 is 7.50. The van der Waals surface area contributed by atoms with E-state index in [9.17, 15) is 4.39 Å². The number of halogens is 2. The minimum atomic E-state index is -0.154. The third kappa shape index (κ3) is 4.03. The molecule has 1 unspecified atom stereocenters. The van der Waals surface area contributed by atoms with E-state index < -0.39 is 0 Å². The lowest BCUT2D eigenvalue weighted by molar-refractivity contribution is 0.499. The zero-order chi connectivity index (χ0) is 13.7. The lowest BCUT2D eigenvalue weighted by Crippen LogP contribution is -2.24. The van der Waals surface area contributed by atoms with E-state index in [0.29, 0.717) is 0 Å². The first-order valence-electron chi connectivity index (χ1n) is 6.42. The van der Waals surface area contributed by atoms with Gasteiger partial charge in [-0.25, -0.2) is 4.39 Å². The van der Waals surface area contributed by atoms with E-state index in [-0.39, 0.29) is 11.9 Å². The van der Waals surface area contributed by atoms with Gasteiger partial charge in [0.1, 0.15) is 5.82 Å². The first-order valence-corrected chi connectivity index (χ1v) is 7.62. The van der Waals surface area contributed by atoms with Crippen LogP contribution in [0.5, 0.6) is 0 Å². The van der Waals surface area contributed by atoms with Gasteiger partial charge in [0, 0.05) is 22.9 Å². The maximum absolute atomic E-state index is 13.9. The van der Waals surface area contributed by atoms with E-state index in [1.165, 1.54) is 10.9 Å². The van der Waals surface area contributed by atoms with Gasteiger partial charge in [0.25, 0.3) is 0 Å². The summed E-state index contributed by atoms with van der Waals surface area (Å²) in [7, 11) is 0. The smallest absolute Gasteiger partial charge is 0.127 e. The van der Waals surface area contributed by atoms with Crippen LogP contribution < -0.4 is 5.32 Å². The Bertz CT molecular complexity index is 526. The number of nitrogens with one attached hydrogen (secondary N) is 1. The fourth-order valence-corrected chi connectivity index (χ4v) is 3.16. The monoisotopic (exact) mass is 297 g/mol. The van der Waals surface area contributed by atoms with Crippen molar-refractivity contribution in [2.75, 3.05) is 6.54 Å². The van der Waals surface area contributed by atoms with Crippen LogP contribution >= 0.6 is 22.9 Å². The molecule has 1 aromatic carbocycles. The molecule has 0 fully saturated rings. The van der Waals surface area contributed by atoms with Gasteiger partial charge in [0.15, 0.2) is 0 Å². The maximum Gasteiger partial charge on any atom is 0.127 e. The van der Waals surface area contributed by atoms with Gasteiger partial charge in [-0.1, -0.05) is 36.7 Å². The Morgan fingerprint density at radius 1 is 1.26 bits per heavy atom. The summed E-state index contributed by atoms with van der Waals surface area (Å²) in [5.41, 5.74) is 0.723. The van der Waals surface area contributed by atoms with Crippen molar-refractivity contribution in [1.29, 1.82) is 0 Å². The van der Waals surface area contributed by atoms with E-state index in [2.05, 4.69) is 12.2 Å². The Hall–Kier alpha value is -0.900. The summed E-state index contributed by atoms with van der Waals surface area (Å²) in [5, 5.41) is 3.41. The largest absolute Gasteiger partial charge is 0.310 e. The molecule has 102 valence electrons. The first-order chi connectivity index (χ1) is 9.20. The van der Waals surface area contributed by atoms with Crippen LogP contribution in [-0.4, -0.2) is 6.54 Å². The quantitative estimate of drug-likeness (QED) is 0.806. The van der Waals surface area contributed by atoms with Crippen LogP contribution in [0.3, 0.4) is 0 Å². The Kier molecular flexibility index (Phi) is 5.37. The number of hydrogen-bond donors (Lipinski definition) is 1. The molecule has 1 N–H and O–H groups in total. The second-order valence-corrected chi connectivity index (χ2v) is 6.24. The van der Waals surface area contributed by atoms with Crippen molar-refractivity contribution in [3.63, 3.8) is 0 Å². The molecule has 1 aromatic heterocycles. The molecule has 0 aliphatic heterocycles. The molecule has 1 nitrogen and oxygen atoms in total. The van der Waals surface area contributed by atoms with Crippen molar-refractivity contribution in [3.8, 4) is 0 Å². The molecular weight excluding hydrogens is 281 g/mol. The highest BCUT2D eigenvalue weighted by atomic mass is 35.5. The van der Waals surface area contributed by atoms with Crippen LogP contribution in [0.15, 0.2) is 36.4 Å². The lowest BCUT2D eigenvalue weighted by Gasteiger charge is -2.19. The fourth-order valence-electron chi connectivity index (χ4n) is 2.03. The molecule has 1 atom stereocenters. The summed E-state index contributed by atoms with van der Waals surface area (Å²) in [6.45, 7) is 2.98. The Morgan fingerprint density at radius 3 is 2.68 bits per heavy atom.